The van der Waals surface area contributed by atoms with E-state index in [1.165, 1.54) is 7.11 Å². The van der Waals surface area contributed by atoms with Gasteiger partial charge in [-0.2, -0.15) is 0 Å². The monoisotopic (exact) mass is 286 g/mol. The van der Waals surface area contributed by atoms with Gasteiger partial charge in [-0.25, -0.2) is 4.79 Å². The first-order chi connectivity index (χ1) is 7.45. The molecule has 1 aromatic rings. The van der Waals surface area contributed by atoms with Gasteiger partial charge in [0.1, 0.15) is 0 Å². The predicted octanol–water partition coefficient (Wildman–Crippen LogP) is 2.78. The summed E-state index contributed by atoms with van der Waals surface area (Å²) in [6, 6.07) is 5.50. The molecule has 0 saturated heterocycles. The Morgan fingerprint density at radius 1 is 1.31 bits per heavy atom. The Hall–Kier alpha value is -0.870. The lowest BCUT2D eigenvalue weighted by Crippen LogP contribution is -2.13. The maximum absolute atomic E-state index is 11.2. The van der Waals surface area contributed by atoms with E-state index in [9.17, 15) is 9.90 Å². The first-order valence-electron chi connectivity index (χ1n) is 5.02. The van der Waals surface area contributed by atoms with E-state index in [-0.39, 0.29) is 0 Å². The maximum atomic E-state index is 11.2. The normalized spacial score (nSPS) is 12.6. The minimum Gasteiger partial charge on any atom is -0.467 e. The van der Waals surface area contributed by atoms with Crippen LogP contribution in [0.2, 0.25) is 0 Å². The van der Waals surface area contributed by atoms with Gasteiger partial charge >= 0.3 is 5.97 Å². The highest BCUT2D eigenvalue weighted by Gasteiger charge is 2.19. The third-order valence-corrected chi connectivity index (χ3v) is 2.81. The molecule has 0 spiro atoms. The van der Waals surface area contributed by atoms with E-state index < -0.39 is 12.1 Å². The Balaban J connectivity index is 3.09. The third-order valence-electron chi connectivity index (χ3n) is 2.35. The van der Waals surface area contributed by atoms with Crippen molar-refractivity contribution in [2.75, 3.05) is 7.11 Å². The number of benzene rings is 1. The number of carbonyl (C=O) groups excluding carboxylic acids is 1. The minimum atomic E-state index is -1.22. The molecule has 0 radical (unpaired) electrons. The van der Waals surface area contributed by atoms with Crippen molar-refractivity contribution in [3.63, 3.8) is 0 Å². The quantitative estimate of drug-likeness (QED) is 0.869. The lowest BCUT2D eigenvalue weighted by Gasteiger charge is -2.13. The lowest BCUT2D eigenvalue weighted by molar-refractivity contribution is -0.150. The summed E-state index contributed by atoms with van der Waals surface area (Å²) in [6.07, 6.45) is -1.22. The number of halogens is 1. The van der Waals surface area contributed by atoms with Crippen molar-refractivity contribution < 1.29 is 14.6 Å². The maximum Gasteiger partial charge on any atom is 0.339 e. The van der Waals surface area contributed by atoms with Crippen molar-refractivity contribution in [2.45, 2.75) is 25.9 Å². The molecule has 16 heavy (non-hydrogen) atoms. The summed E-state index contributed by atoms with van der Waals surface area (Å²) in [4.78, 5) is 11.2. The second kappa shape index (κ2) is 5.46. The van der Waals surface area contributed by atoms with Crippen LogP contribution in [0, 0.1) is 0 Å². The SMILES string of the molecule is COC(=O)C(O)c1cc(Br)cc(C(C)C)c1. The van der Waals surface area contributed by atoms with Gasteiger partial charge in [-0.05, 0) is 29.2 Å². The molecule has 0 bridgehead atoms. The molecule has 88 valence electrons. The molecule has 1 atom stereocenters. The first-order valence-corrected chi connectivity index (χ1v) is 5.81. The van der Waals surface area contributed by atoms with Crippen LogP contribution in [0.4, 0.5) is 0 Å². The van der Waals surface area contributed by atoms with E-state index in [0.717, 1.165) is 10.0 Å². The van der Waals surface area contributed by atoms with Crippen molar-refractivity contribution in [1.82, 2.24) is 0 Å². The summed E-state index contributed by atoms with van der Waals surface area (Å²) < 4.78 is 5.35. The summed E-state index contributed by atoms with van der Waals surface area (Å²) in [7, 11) is 1.26. The van der Waals surface area contributed by atoms with Crippen LogP contribution in [0.3, 0.4) is 0 Å². The van der Waals surface area contributed by atoms with E-state index in [2.05, 4.69) is 34.5 Å². The Kier molecular flexibility index (Phi) is 4.50. The molecule has 0 heterocycles. The van der Waals surface area contributed by atoms with Gasteiger partial charge in [0.25, 0.3) is 0 Å². The molecule has 0 saturated carbocycles. The molecule has 1 N–H and O–H groups in total. The highest BCUT2D eigenvalue weighted by atomic mass is 79.9. The molecule has 1 unspecified atom stereocenters. The van der Waals surface area contributed by atoms with Crippen molar-refractivity contribution in [3.8, 4) is 0 Å². The number of aliphatic hydroxyl groups excluding tert-OH is 1. The number of aliphatic hydroxyl groups is 1. The predicted molar refractivity (Wildman–Crippen MR) is 65.2 cm³/mol. The van der Waals surface area contributed by atoms with Crippen molar-refractivity contribution in [3.05, 3.63) is 33.8 Å². The number of rotatable bonds is 3. The van der Waals surface area contributed by atoms with Gasteiger partial charge in [0.2, 0.25) is 0 Å². The van der Waals surface area contributed by atoms with Gasteiger partial charge in [0.15, 0.2) is 6.10 Å². The molecular formula is C12H15BrO3. The highest BCUT2D eigenvalue weighted by Crippen LogP contribution is 2.25. The summed E-state index contributed by atoms with van der Waals surface area (Å²) in [5, 5.41) is 9.72. The Morgan fingerprint density at radius 2 is 1.88 bits per heavy atom. The topological polar surface area (TPSA) is 46.5 Å². The zero-order chi connectivity index (χ0) is 12.3. The Bertz CT molecular complexity index is 388. The molecule has 0 aromatic heterocycles. The zero-order valence-corrected chi connectivity index (χ0v) is 11.1. The lowest BCUT2D eigenvalue weighted by atomic mass is 9.99. The van der Waals surface area contributed by atoms with Crippen LogP contribution in [-0.2, 0) is 9.53 Å². The second-order valence-electron chi connectivity index (χ2n) is 3.90. The largest absolute Gasteiger partial charge is 0.467 e. The van der Waals surface area contributed by atoms with Crippen LogP contribution >= 0.6 is 15.9 Å². The molecule has 1 aromatic carbocycles. The second-order valence-corrected chi connectivity index (χ2v) is 4.81. The smallest absolute Gasteiger partial charge is 0.339 e. The average molecular weight is 287 g/mol. The summed E-state index contributed by atoms with van der Waals surface area (Å²) in [5.41, 5.74) is 1.61. The Morgan fingerprint density at radius 3 is 2.38 bits per heavy atom. The fraction of sp³-hybridized carbons (Fsp3) is 0.417. The van der Waals surface area contributed by atoms with E-state index in [0.29, 0.717) is 11.5 Å². The van der Waals surface area contributed by atoms with Crippen LogP contribution in [0.15, 0.2) is 22.7 Å². The molecule has 0 aliphatic heterocycles. The average Bonchev–Trinajstić information content (AvgIpc) is 2.26. The van der Waals surface area contributed by atoms with E-state index in [1.54, 1.807) is 6.07 Å². The molecule has 0 aliphatic rings. The number of methoxy groups -OCH3 is 1. The van der Waals surface area contributed by atoms with Crippen LogP contribution in [0.5, 0.6) is 0 Å². The van der Waals surface area contributed by atoms with Crippen molar-refractivity contribution in [2.24, 2.45) is 0 Å². The molecular weight excluding hydrogens is 272 g/mol. The number of carbonyl (C=O) groups is 1. The van der Waals surface area contributed by atoms with Gasteiger partial charge in [-0.15, -0.1) is 0 Å². The summed E-state index contributed by atoms with van der Waals surface area (Å²) in [5.74, 6) is -0.311. The van der Waals surface area contributed by atoms with Crippen LogP contribution in [0.25, 0.3) is 0 Å². The van der Waals surface area contributed by atoms with Gasteiger partial charge in [-0.3, -0.25) is 0 Å². The number of hydrogen-bond acceptors (Lipinski definition) is 3. The fourth-order valence-electron chi connectivity index (χ4n) is 1.37. The Labute approximate surface area is 104 Å². The molecule has 1 rings (SSSR count). The molecule has 4 heteroatoms. The van der Waals surface area contributed by atoms with Crippen LogP contribution in [-0.4, -0.2) is 18.2 Å². The van der Waals surface area contributed by atoms with Gasteiger partial charge in [0.05, 0.1) is 7.11 Å². The van der Waals surface area contributed by atoms with Crippen LogP contribution in [0.1, 0.15) is 37.0 Å². The van der Waals surface area contributed by atoms with Crippen molar-refractivity contribution in [1.29, 1.82) is 0 Å². The highest BCUT2D eigenvalue weighted by molar-refractivity contribution is 9.10. The van der Waals surface area contributed by atoms with Crippen LogP contribution < -0.4 is 0 Å². The van der Waals surface area contributed by atoms with Gasteiger partial charge < -0.3 is 9.84 Å². The summed E-state index contributed by atoms with van der Waals surface area (Å²) >= 11 is 3.36. The first kappa shape index (κ1) is 13.2. The molecule has 0 amide bonds. The minimum absolute atomic E-state index is 0.334. The molecule has 3 nitrogen and oxygen atoms in total. The van der Waals surface area contributed by atoms with Gasteiger partial charge in [0, 0.05) is 4.47 Å². The van der Waals surface area contributed by atoms with E-state index in [4.69, 9.17) is 0 Å². The van der Waals surface area contributed by atoms with Crippen molar-refractivity contribution >= 4 is 21.9 Å². The third kappa shape index (κ3) is 3.06. The fourth-order valence-corrected chi connectivity index (χ4v) is 1.90. The zero-order valence-electron chi connectivity index (χ0n) is 9.53. The standard InChI is InChI=1S/C12H15BrO3/c1-7(2)8-4-9(6-10(13)5-8)11(14)12(15)16-3/h4-7,11,14H,1-3H3. The number of hydrogen-bond donors (Lipinski definition) is 1. The molecule has 0 aliphatic carbocycles. The van der Waals surface area contributed by atoms with E-state index in [1.807, 2.05) is 12.1 Å². The van der Waals surface area contributed by atoms with Gasteiger partial charge in [-0.1, -0.05) is 35.8 Å². The van der Waals surface area contributed by atoms with E-state index >= 15 is 0 Å². The summed E-state index contributed by atoms with van der Waals surface area (Å²) in [6.45, 7) is 4.10. The number of ether oxygens (including phenoxy) is 1. The number of esters is 1. The molecule has 0 fully saturated rings.